The highest BCUT2D eigenvalue weighted by atomic mass is 16.6. The number of terminal acetylenes is 1. The third-order valence-corrected chi connectivity index (χ3v) is 5.50. The Kier molecular flexibility index (Phi) is 6.10. The average molecular weight is 494 g/mol. The second-order valence-electron chi connectivity index (χ2n) is 7.78. The van der Waals surface area contributed by atoms with E-state index in [0.29, 0.717) is 22.2 Å². The SMILES string of the molecule is C#CCOc1c(OC)cc(C=Nn2c(-c3cc4ccccc4o3)nc3ccccc3c2=O)cc1[N+](=O)[O-]. The molecule has 0 saturated heterocycles. The van der Waals surface area contributed by atoms with Gasteiger partial charge in [0.25, 0.3) is 5.56 Å². The van der Waals surface area contributed by atoms with E-state index in [4.69, 9.17) is 20.3 Å². The maximum atomic E-state index is 13.4. The van der Waals surface area contributed by atoms with Gasteiger partial charge in [-0.15, -0.1) is 6.42 Å². The Balaban J connectivity index is 1.68. The van der Waals surface area contributed by atoms with Crippen LogP contribution in [-0.4, -0.2) is 34.5 Å². The van der Waals surface area contributed by atoms with Crippen molar-refractivity contribution < 1.29 is 18.8 Å². The third kappa shape index (κ3) is 4.37. The highest BCUT2D eigenvalue weighted by Gasteiger charge is 2.22. The van der Waals surface area contributed by atoms with Crippen LogP contribution in [0.5, 0.6) is 11.5 Å². The monoisotopic (exact) mass is 494 g/mol. The normalized spacial score (nSPS) is 11.1. The Labute approximate surface area is 209 Å². The van der Waals surface area contributed by atoms with Gasteiger partial charge in [-0.2, -0.15) is 9.78 Å². The van der Waals surface area contributed by atoms with E-state index in [1.807, 2.05) is 18.2 Å². The molecule has 0 saturated carbocycles. The van der Waals surface area contributed by atoms with E-state index in [1.165, 1.54) is 25.5 Å². The van der Waals surface area contributed by atoms with E-state index in [0.717, 1.165) is 10.1 Å². The first-order valence-electron chi connectivity index (χ1n) is 11.0. The molecule has 0 unspecified atom stereocenters. The fourth-order valence-corrected chi connectivity index (χ4v) is 3.84. The minimum Gasteiger partial charge on any atom is -0.493 e. The lowest BCUT2D eigenvalue weighted by Crippen LogP contribution is -2.20. The first-order chi connectivity index (χ1) is 18.0. The zero-order valence-electron chi connectivity index (χ0n) is 19.5. The van der Waals surface area contributed by atoms with E-state index in [9.17, 15) is 14.9 Å². The van der Waals surface area contributed by atoms with Crippen molar-refractivity contribution in [3.8, 4) is 35.4 Å². The van der Waals surface area contributed by atoms with Gasteiger partial charge in [0.1, 0.15) is 12.2 Å². The molecule has 182 valence electrons. The van der Waals surface area contributed by atoms with Crippen LogP contribution in [0.3, 0.4) is 0 Å². The number of nitro groups is 1. The second-order valence-corrected chi connectivity index (χ2v) is 7.78. The fraction of sp³-hybridized carbons (Fsp3) is 0.0741. The largest absolute Gasteiger partial charge is 0.493 e. The minimum absolute atomic E-state index is 0.0902. The zero-order chi connectivity index (χ0) is 25.9. The molecule has 0 spiro atoms. The van der Waals surface area contributed by atoms with E-state index < -0.39 is 10.5 Å². The predicted molar refractivity (Wildman–Crippen MR) is 138 cm³/mol. The van der Waals surface area contributed by atoms with E-state index in [1.54, 1.807) is 36.4 Å². The quantitative estimate of drug-likeness (QED) is 0.140. The van der Waals surface area contributed by atoms with Crippen molar-refractivity contribution in [2.24, 2.45) is 5.10 Å². The van der Waals surface area contributed by atoms with Crippen molar-refractivity contribution in [2.45, 2.75) is 0 Å². The van der Waals surface area contributed by atoms with Crippen molar-refractivity contribution in [1.29, 1.82) is 0 Å². The van der Waals surface area contributed by atoms with Crippen LogP contribution in [0.1, 0.15) is 5.56 Å². The van der Waals surface area contributed by atoms with E-state index in [2.05, 4.69) is 16.0 Å². The first-order valence-corrected chi connectivity index (χ1v) is 11.0. The maximum absolute atomic E-state index is 13.4. The molecule has 10 heteroatoms. The Hall–Kier alpha value is -5.43. The molecule has 5 aromatic rings. The van der Waals surface area contributed by atoms with Gasteiger partial charge in [0.15, 0.2) is 11.5 Å². The number of nitrogens with zero attached hydrogens (tertiary/aromatic N) is 4. The van der Waals surface area contributed by atoms with Crippen LogP contribution >= 0.6 is 0 Å². The summed E-state index contributed by atoms with van der Waals surface area (Å²) >= 11 is 0. The van der Waals surface area contributed by atoms with Crippen LogP contribution < -0.4 is 15.0 Å². The van der Waals surface area contributed by atoms with E-state index >= 15 is 0 Å². The fourth-order valence-electron chi connectivity index (χ4n) is 3.84. The smallest absolute Gasteiger partial charge is 0.315 e. The maximum Gasteiger partial charge on any atom is 0.315 e. The molecule has 3 aromatic carbocycles. The van der Waals surface area contributed by atoms with Crippen LogP contribution in [0.2, 0.25) is 0 Å². The van der Waals surface area contributed by atoms with Gasteiger partial charge in [-0.1, -0.05) is 36.3 Å². The van der Waals surface area contributed by atoms with Crippen molar-refractivity contribution in [1.82, 2.24) is 9.66 Å². The number of furan rings is 1. The van der Waals surface area contributed by atoms with Crippen molar-refractivity contribution in [3.05, 3.63) is 92.8 Å². The number of ether oxygens (including phenoxy) is 2. The van der Waals surface area contributed by atoms with Gasteiger partial charge in [0.2, 0.25) is 11.6 Å². The molecule has 5 rings (SSSR count). The number of fused-ring (bicyclic) bond motifs is 2. The number of aromatic nitrogens is 2. The summed E-state index contributed by atoms with van der Waals surface area (Å²) in [6.07, 6.45) is 6.52. The van der Waals surface area contributed by atoms with Gasteiger partial charge >= 0.3 is 5.69 Å². The topological polar surface area (TPSA) is 122 Å². The summed E-state index contributed by atoms with van der Waals surface area (Å²) in [7, 11) is 1.35. The molecule has 0 N–H and O–H groups in total. The lowest BCUT2D eigenvalue weighted by molar-refractivity contribution is -0.385. The van der Waals surface area contributed by atoms with Crippen molar-refractivity contribution >= 4 is 33.8 Å². The third-order valence-electron chi connectivity index (χ3n) is 5.50. The summed E-state index contributed by atoms with van der Waals surface area (Å²) in [5.74, 6) is 2.76. The lowest BCUT2D eigenvalue weighted by Gasteiger charge is -2.10. The molecule has 10 nitrogen and oxygen atoms in total. The summed E-state index contributed by atoms with van der Waals surface area (Å²) in [6, 6.07) is 18.8. The van der Waals surface area contributed by atoms with Gasteiger partial charge in [-0.05, 0) is 30.3 Å². The summed E-state index contributed by atoms with van der Waals surface area (Å²) in [5, 5.41) is 17.2. The average Bonchev–Trinajstić information content (AvgIpc) is 3.35. The predicted octanol–water partition coefficient (Wildman–Crippen LogP) is 4.62. The minimum atomic E-state index is -0.616. The molecule has 2 heterocycles. The van der Waals surface area contributed by atoms with Gasteiger partial charge < -0.3 is 13.9 Å². The summed E-state index contributed by atoms with van der Waals surface area (Å²) in [4.78, 5) is 29.1. The van der Waals surface area contributed by atoms with Crippen LogP contribution in [0.4, 0.5) is 5.69 Å². The highest BCUT2D eigenvalue weighted by molar-refractivity contribution is 5.85. The lowest BCUT2D eigenvalue weighted by atomic mass is 10.2. The molecule has 0 aliphatic carbocycles. The number of rotatable bonds is 7. The zero-order valence-corrected chi connectivity index (χ0v) is 19.5. The molecule has 0 radical (unpaired) electrons. The first kappa shape index (κ1) is 23.3. The van der Waals surface area contributed by atoms with Crippen molar-refractivity contribution in [3.63, 3.8) is 0 Å². The highest BCUT2D eigenvalue weighted by Crippen LogP contribution is 2.38. The summed E-state index contributed by atoms with van der Waals surface area (Å²) in [5.41, 5.74) is 0.581. The molecule has 2 aromatic heterocycles. The Morgan fingerprint density at radius 3 is 2.73 bits per heavy atom. The van der Waals surface area contributed by atoms with E-state index in [-0.39, 0.29) is 35.2 Å². The molecule has 0 aliphatic heterocycles. The Morgan fingerprint density at radius 2 is 1.97 bits per heavy atom. The van der Waals surface area contributed by atoms with Crippen LogP contribution in [0.15, 0.2) is 81.0 Å². The molecule has 0 atom stereocenters. The van der Waals surface area contributed by atoms with Crippen molar-refractivity contribution in [2.75, 3.05) is 13.7 Å². The Morgan fingerprint density at radius 1 is 1.19 bits per heavy atom. The molecular formula is C27H18N4O6. The molecule has 0 fully saturated rings. The van der Waals surface area contributed by atoms with Crippen LogP contribution in [0.25, 0.3) is 33.5 Å². The number of hydrogen-bond acceptors (Lipinski definition) is 8. The molecule has 0 bridgehead atoms. The van der Waals surface area contributed by atoms with Gasteiger partial charge in [-0.25, -0.2) is 4.98 Å². The number of para-hydroxylation sites is 2. The van der Waals surface area contributed by atoms with Gasteiger partial charge in [0.05, 0.1) is 29.2 Å². The second kappa shape index (κ2) is 9.67. The number of benzene rings is 3. The molecular weight excluding hydrogens is 476 g/mol. The molecule has 37 heavy (non-hydrogen) atoms. The van der Waals surface area contributed by atoms with Crippen LogP contribution in [0, 0.1) is 22.5 Å². The molecule has 0 amide bonds. The Bertz CT molecular complexity index is 1760. The standard InChI is InChI=1S/C27H18N4O6/c1-3-12-36-25-21(31(33)34)13-17(14-23(25)35-2)16-28-30-26(24-15-18-8-4-7-11-22(18)37-24)29-20-10-6-5-9-19(20)27(30)32/h1,4-11,13-16H,12H2,2H3. The summed E-state index contributed by atoms with van der Waals surface area (Å²) in [6.45, 7) is -0.177. The number of nitro benzene ring substituents is 1. The van der Waals surface area contributed by atoms with Crippen LogP contribution in [-0.2, 0) is 0 Å². The summed E-state index contributed by atoms with van der Waals surface area (Å²) < 4.78 is 17.7. The number of methoxy groups -OCH3 is 1. The molecule has 0 aliphatic rings. The number of hydrogen-bond donors (Lipinski definition) is 0. The van der Waals surface area contributed by atoms with Gasteiger partial charge in [-0.3, -0.25) is 14.9 Å². The van der Waals surface area contributed by atoms with Gasteiger partial charge in [0, 0.05) is 17.0 Å².